The van der Waals surface area contributed by atoms with Crippen molar-refractivity contribution >= 4 is 11.3 Å². The van der Waals surface area contributed by atoms with E-state index in [0.717, 1.165) is 10.7 Å². The molecule has 0 amide bonds. The van der Waals surface area contributed by atoms with E-state index < -0.39 is 0 Å². The van der Waals surface area contributed by atoms with E-state index in [1.165, 1.54) is 18.4 Å². The minimum atomic E-state index is 0.278. The predicted octanol–water partition coefficient (Wildman–Crippen LogP) is 5.28. The number of aryl methyl sites for hydroxylation is 1. The van der Waals surface area contributed by atoms with Gasteiger partial charge in [-0.05, 0) is 25.3 Å². The lowest BCUT2D eigenvalue weighted by molar-refractivity contribution is 0.315. The Bertz CT molecular complexity index is 531. The van der Waals surface area contributed by atoms with Crippen molar-refractivity contribution in [1.82, 2.24) is 10.3 Å². The highest BCUT2D eigenvalue weighted by Gasteiger charge is 2.23. The lowest BCUT2D eigenvalue weighted by atomic mass is 9.88. The van der Waals surface area contributed by atoms with Crippen LogP contribution in [0.25, 0.3) is 0 Å². The zero-order chi connectivity index (χ0) is 15.2. The van der Waals surface area contributed by atoms with Crippen LogP contribution < -0.4 is 5.32 Å². The van der Waals surface area contributed by atoms with Crippen molar-refractivity contribution in [2.75, 3.05) is 0 Å². The number of hydrogen-bond donors (Lipinski definition) is 1. The van der Waals surface area contributed by atoms with E-state index in [0.29, 0.717) is 12.0 Å². The molecule has 2 aromatic rings. The van der Waals surface area contributed by atoms with E-state index in [-0.39, 0.29) is 6.04 Å². The molecule has 0 aliphatic heterocycles. The molecule has 0 aliphatic carbocycles. The Hall–Kier alpha value is -1.19. The Balaban J connectivity index is 2.19. The second-order valence-electron chi connectivity index (χ2n) is 5.64. The Kier molecular flexibility index (Phi) is 5.95. The minimum absolute atomic E-state index is 0.278. The molecule has 2 atom stereocenters. The molecule has 21 heavy (non-hydrogen) atoms. The summed E-state index contributed by atoms with van der Waals surface area (Å²) in [7, 11) is 0. The summed E-state index contributed by atoms with van der Waals surface area (Å²) in [6.07, 6.45) is 2.37. The maximum atomic E-state index is 4.62. The van der Waals surface area contributed by atoms with Gasteiger partial charge in [-0.2, -0.15) is 0 Å². The molecule has 0 radical (unpaired) electrons. The number of nitrogens with one attached hydrogen (secondary N) is 1. The van der Waals surface area contributed by atoms with Crippen LogP contribution in [0.1, 0.15) is 62.0 Å². The van der Waals surface area contributed by atoms with Crippen LogP contribution in [0.5, 0.6) is 0 Å². The molecule has 0 spiro atoms. The highest BCUT2D eigenvalue weighted by atomic mass is 32.1. The summed E-state index contributed by atoms with van der Waals surface area (Å²) in [4.78, 5) is 4.62. The van der Waals surface area contributed by atoms with Gasteiger partial charge in [0.15, 0.2) is 0 Å². The zero-order valence-corrected chi connectivity index (χ0v) is 14.3. The molecule has 0 saturated carbocycles. The van der Waals surface area contributed by atoms with Crippen LogP contribution in [0.4, 0.5) is 0 Å². The van der Waals surface area contributed by atoms with E-state index in [2.05, 4.69) is 73.7 Å². The monoisotopic (exact) mass is 302 g/mol. The van der Waals surface area contributed by atoms with Crippen LogP contribution in [0.2, 0.25) is 0 Å². The van der Waals surface area contributed by atoms with Crippen LogP contribution in [-0.4, -0.2) is 4.98 Å². The first kappa shape index (κ1) is 16.2. The van der Waals surface area contributed by atoms with Crippen molar-refractivity contribution in [3.63, 3.8) is 0 Å². The molecular weight excluding hydrogens is 276 g/mol. The summed E-state index contributed by atoms with van der Waals surface area (Å²) >= 11 is 1.72. The van der Waals surface area contributed by atoms with Gasteiger partial charge in [-0.1, -0.05) is 57.0 Å². The van der Waals surface area contributed by atoms with Gasteiger partial charge in [0.25, 0.3) is 0 Å². The average molecular weight is 302 g/mol. The highest BCUT2D eigenvalue weighted by Crippen LogP contribution is 2.30. The SMILES string of the molecule is CCC(CC)C(NC(C)c1csc(C)n1)c1ccccc1. The largest absolute Gasteiger partial charge is 0.302 e. The van der Waals surface area contributed by atoms with Gasteiger partial charge in [-0.25, -0.2) is 4.98 Å². The molecule has 2 unspecified atom stereocenters. The number of nitrogens with zero attached hydrogens (tertiary/aromatic N) is 1. The summed E-state index contributed by atoms with van der Waals surface area (Å²) in [5.41, 5.74) is 2.54. The average Bonchev–Trinajstić information content (AvgIpc) is 2.95. The van der Waals surface area contributed by atoms with E-state index in [1.807, 2.05) is 0 Å². The summed E-state index contributed by atoms with van der Waals surface area (Å²) in [5.74, 6) is 0.648. The molecule has 0 fully saturated rings. The Morgan fingerprint density at radius 3 is 2.33 bits per heavy atom. The fourth-order valence-corrected chi connectivity index (χ4v) is 3.56. The normalized spacial score (nSPS) is 14.3. The summed E-state index contributed by atoms with van der Waals surface area (Å²) in [6.45, 7) is 8.84. The predicted molar refractivity (Wildman–Crippen MR) is 91.7 cm³/mol. The van der Waals surface area contributed by atoms with Gasteiger partial charge >= 0.3 is 0 Å². The van der Waals surface area contributed by atoms with Crippen LogP contribution in [0, 0.1) is 12.8 Å². The smallest absolute Gasteiger partial charge is 0.0898 e. The third kappa shape index (κ3) is 4.14. The Morgan fingerprint density at radius 2 is 1.81 bits per heavy atom. The number of thiazole rings is 1. The molecule has 2 rings (SSSR count). The first-order valence-electron chi connectivity index (χ1n) is 7.88. The van der Waals surface area contributed by atoms with Crippen LogP contribution >= 0.6 is 11.3 Å². The molecule has 0 saturated heterocycles. The summed E-state index contributed by atoms with van der Waals surface area (Å²) in [5, 5.41) is 7.11. The van der Waals surface area contributed by atoms with Crippen molar-refractivity contribution in [3.8, 4) is 0 Å². The summed E-state index contributed by atoms with van der Waals surface area (Å²) in [6, 6.07) is 11.5. The Labute approximate surface area is 132 Å². The zero-order valence-electron chi connectivity index (χ0n) is 13.5. The molecule has 3 heteroatoms. The lowest BCUT2D eigenvalue weighted by Crippen LogP contribution is -2.30. The number of aromatic nitrogens is 1. The van der Waals surface area contributed by atoms with Crippen LogP contribution in [-0.2, 0) is 0 Å². The molecule has 1 N–H and O–H groups in total. The minimum Gasteiger partial charge on any atom is -0.302 e. The molecule has 1 aromatic heterocycles. The number of hydrogen-bond acceptors (Lipinski definition) is 3. The van der Waals surface area contributed by atoms with Gasteiger partial charge < -0.3 is 5.32 Å². The van der Waals surface area contributed by atoms with Crippen molar-refractivity contribution in [2.45, 2.75) is 52.6 Å². The molecular formula is C18H26N2S. The van der Waals surface area contributed by atoms with Gasteiger partial charge in [0.05, 0.1) is 10.7 Å². The molecule has 0 aliphatic rings. The van der Waals surface area contributed by atoms with Gasteiger partial charge in [0.2, 0.25) is 0 Å². The quantitative estimate of drug-likeness (QED) is 0.752. The maximum Gasteiger partial charge on any atom is 0.0898 e. The van der Waals surface area contributed by atoms with Gasteiger partial charge in [-0.3, -0.25) is 0 Å². The van der Waals surface area contributed by atoms with Crippen molar-refractivity contribution in [3.05, 3.63) is 52.0 Å². The topological polar surface area (TPSA) is 24.9 Å². The first-order chi connectivity index (χ1) is 10.2. The second-order valence-corrected chi connectivity index (χ2v) is 6.71. The second kappa shape index (κ2) is 7.71. The third-order valence-corrected chi connectivity index (χ3v) is 4.98. The van der Waals surface area contributed by atoms with Gasteiger partial charge in [-0.15, -0.1) is 11.3 Å². The van der Waals surface area contributed by atoms with Gasteiger partial charge in [0.1, 0.15) is 0 Å². The molecule has 1 heterocycles. The highest BCUT2D eigenvalue weighted by molar-refractivity contribution is 7.09. The van der Waals surface area contributed by atoms with E-state index >= 15 is 0 Å². The van der Waals surface area contributed by atoms with Gasteiger partial charge in [0, 0.05) is 17.5 Å². The van der Waals surface area contributed by atoms with E-state index in [9.17, 15) is 0 Å². The van der Waals surface area contributed by atoms with E-state index in [1.54, 1.807) is 11.3 Å². The molecule has 2 nitrogen and oxygen atoms in total. The fraction of sp³-hybridized carbons (Fsp3) is 0.500. The van der Waals surface area contributed by atoms with Crippen molar-refractivity contribution < 1.29 is 0 Å². The van der Waals surface area contributed by atoms with E-state index in [4.69, 9.17) is 0 Å². The summed E-state index contributed by atoms with van der Waals surface area (Å²) < 4.78 is 0. The third-order valence-electron chi connectivity index (χ3n) is 4.19. The Morgan fingerprint density at radius 1 is 1.14 bits per heavy atom. The van der Waals surface area contributed by atoms with Crippen LogP contribution in [0.3, 0.4) is 0 Å². The molecule has 1 aromatic carbocycles. The maximum absolute atomic E-state index is 4.62. The van der Waals surface area contributed by atoms with Crippen molar-refractivity contribution in [2.24, 2.45) is 5.92 Å². The standard InChI is InChI=1S/C18H26N2S/c1-5-15(6-2)18(16-10-8-7-9-11-16)19-13(3)17-12-21-14(4)20-17/h7-13,15,18-19H,5-6H2,1-4H3. The molecule has 0 bridgehead atoms. The lowest BCUT2D eigenvalue weighted by Gasteiger charge is -2.29. The first-order valence-corrected chi connectivity index (χ1v) is 8.76. The number of rotatable bonds is 7. The fourth-order valence-electron chi connectivity index (χ4n) is 2.86. The number of benzene rings is 1. The van der Waals surface area contributed by atoms with Crippen molar-refractivity contribution in [1.29, 1.82) is 0 Å². The molecule has 114 valence electrons. The van der Waals surface area contributed by atoms with Crippen LogP contribution in [0.15, 0.2) is 35.7 Å².